The van der Waals surface area contributed by atoms with Gasteiger partial charge in [-0.2, -0.15) is 0 Å². The Kier molecular flexibility index (Phi) is 4.48. The van der Waals surface area contributed by atoms with Gasteiger partial charge < -0.3 is 10.1 Å². The lowest BCUT2D eigenvalue weighted by Crippen LogP contribution is -2.15. The monoisotopic (exact) mass is 298 g/mol. The molecule has 0 amide bonds. The lowest BCUT2D eigenvalue weighted by molar-refractivity contribution is 0.201. The zero-order valence-electron chi connectivity index (χ0n) is 12.0. The summed E-state index contributed by atoms with van der Waals surface area (Å²) in [6.45, 7) is 0.925. The van der Waals surface area contributed by atoms with E-state index in [1.165, 1.54) is 4.88 Å². The highest BCUT2D eigenvalue weighted by molar-refractivity contribution is 7.10. The first-order valence-corrected chi connectivity index (χ1v) is 7.94. The maximum atomic E-state index is 6.32. The zero-order valence-corrected chi connectivity index (χ0v) is 12.8. The van der Waals surface area contributed by atoms with Crippen LogP contribution in [-0.4, -0.2) is 18.6 Å². The summed E-state index contributed by atoms with van der Waals surface area (Å²) in [7, 11) is 1.97. The predicted molar refractivity (Wildman–Crippen MR) is 88.0 cm³/mol. The molecule has 0 aliphatic heterocycles. The highest BCUT2D eigenvalue weighted by Crippen LogP contribution is 2.32. The summed E-state index contributed by atoms with van der Waals surface area (Å²) in [5.74, 6) is 0.921. The Bertz CT molecular complexity index is 692. The Morgan fingerprint density at radius 2 is 2.19 bits per heavy atom. The molecule has 0 aliphatic carbocycles. The van der Waals surface area contributed by atoms with Gasteiger partial charge in [-0.1, -0.05) is 18.2 Å². The first-order chi connectivity index (χ1) is 10.4. The average molecular weight is 298 g/mol. The van der Waals surface area contributed by atoms with E-state index in [1.807, 2.05) is 37.6 Å². The Hall–Kier alpha value is -1.91. The first-order valence-electron chi connectivity index (χ1n) is 7.06. The second-order valence-corrected chi connectivity index (χ2v) is 5.85. The molecular formula is C17H18N2OS. The third-order valence-corrected chi connectivity index (χ3v) is 4.39. The maximum Gasteiger partial charge on any atom is 0.134 e. The topological polar surface area (TPSA) is 34.1 Å². The lowest BCUT2D eigenvalue weighted by Gasteiger charge is -2.19. The lowest BCUT2D eigenvalue weighted by atomic mass is 10.1. The molecule has 3 rings (SSSR count). The third kappa shape index (κ3) is 3.23. The van der Waals surface area contributed by atoms with Gasteiger partial charge in [0.2, 0.25) is 0 Å². The van der Waals surface area contributed by atoms with Crippen LogP contribution in [0.2, 0.25) is 0 Å². The van der Waals surface area contributed by atoms with E-state index < -0.39 is 0 Å². The number of nitrogens with one attached hydrogen (secondary N) is 1. The van der Waals surface area contributed by atoms with Crippen LogP contribution in [0.1, 0.15) is 17.4 Å². The minimum Gasteiger partial charge on any atom is -0.484 e. The summed E-state index contributed by atoms with van der Waals surface area (Å²) >= 11 is 1.74. The molecule has 1 aromatic carbocycles. The Labute approximate surface area is 128 Å². The van der Waals surface area contributed by atoms with Crippen molar-refractivity contribution in [1.29, 1.82) is 0 Å². The van der Waals surface area contributed by atoms with Crippen LogP contribution < -0.4 is 10.1 Å². The van der Waals surface area contributed by atoms with Crippen LogP contribution in [0.25, 0.3) is 10.8 Å². The van der Waals surface area contributed by atoms with Crippen LogP contribution >= 0.6 is 11.3 Å². The fourth-order valence-electron chi connectivity index (χ4n) is 2.36. The van der Waals surface area contributed by atoms with Crippen LogP contribution in [0, 0.1) is 0 Å². The highest BCUT2D eigenvalue weighted by Gasteiger charge is 2.15. The molecule has 0 fully saturated rings. The van der Waals surface area contributed by atoms with Gasteiger partial charge in [0.05, 0.1) is 0 Å². The summed E-state index contributed by atoms with van der Waals surface area (Å²) in [5.41, 5.74) is 0. The van der Waals surface area contributed by atoms with Gasteiger partial charge in [-0.3, -0.25) is 4.98 Å². The summed E-state index contributed by atoms with van der Waals surface area (Å²) < 4.78 is 6.32. The Morgan fingerprint density at radius 1 is 1.24 bits per heavy atom. The number of nitrogens with zero attached hydrogens (tertiary/aromatic N) is 1. The van der Waals surface area contributed by atoms with Crippen molar-refractivity contribution in [2.75, 3.05) is 13.6 Å². The molecular weight excluding hydrogens is 280 g/mol. The maximum absolute atomic E-state index is 6.32. The normalized spacial score (nSPS) is 12.4. The zero-order chi connectivity index (χ0) is 14.5. The second-order valence-electron chi connectivity index (χ2n) is 4.87. The predicted octanol–water partition coefficient (Wildman–Crippen LogP) is 4.03. The first kappa shape index (κ1) is 14.0. The number of ether oxygens (including phenoxy) is 1. The molecule has 0 bridgehead atoms. The number of pyridine rings is 1. The van der Waals surface area contributed by atoms with Gasteiger partial charge in [-0.15, -0.1) is 11.3 Å². The third-order valence-electron chi connectivity index (χ3n) is 3.43. The van der Waals surface area contributed by atoms with Crippen LogP contribution in [0.5, 0.6) is 5.75 Å². The van der Waals surface area contributed by atoms with E-state index in [4.69, 9.17) is 4.74 Å². The SMILES string of the molecule is CNCC[C@@H](Oc1cccc2cnccc12)c1cccs1. The molecule has 21 heavy (non-hydrogen) atoms. The fraction of sp³-hybridized carbons (Fsp3) is 0.235. The van der Waals surface area contributed by atoms with E-state index in [-0.39, 0.29) is 6.10 Å². The van der Waals surface area contributed by atoms with E-state index >= 15 is 0 Å². The number of aromatic nitrogens is 1. The van der Waals surface area contributed by atoms with Crippen molar-refractivity contribution in [1.82, 2.24) is 10.3 Å². The fourth-order valence-corrected chi connectivity index (χ4v) is 3.15. The van der Waals surface area contributed by atoms with Crippen molar-refractivity contribution in [2.45, 2.75) is 12.5 Å². The minimum absolute atomic E-state index is 0.0798. The molecule has 0 saturated carbocycles. The van der Waals surface area contributed by atoms with E-state index in [1.54, 1.807) is 11.3 Å². The summed E-state index contributed by atoms with van der Waals surface area (Å²) in [4.78, 5) is 5.43. The van der Waals surface area contributed by atoms with Gasteiger partial charge in [0, 0.05) is 34.5 Å². The van der Waals surface area contributed by atoms with Crippen LogP contribution in [0.15, 0.2) is 54.2 Å². The number of benzene rings is 1. The standard InChI is InChI=1S/C17H18N2OS/c1-18-9-8-16(17-6-3-11-21-17)20-15-5-2-4-13-12-19-10-7-14(13)15/h2-7,10-12,16,18H,8-9H2,1H3/t16-/m1/s1. The van der Waals surface area contributed by atoms with Crippen molar-refractivity contribution in [3.05, 3.63) is 59.0 Å². The molecule has 2 aromatic heterocycles. The number of hydrogen-bond acceptors (Lipinski definition) is 4. The van der Waals surface area contributed by atoms with Crippen LogP contribution in [0.3, 0.4) is 0 Å². The van der Waals surface area contributed by atoms with Crippen molar-refractivity contribution in [2.24, 2.45) is 0 Å². The molecule has 1 atom stereocenters. The largest absolute Gasteiger partial charge is 0.484 e. The summed E-state index contributed by atoms with van der Waals surface area (Å²) in [5, 5.41) is 7.51. The molecule has 3 aromatic rings. The molecule has 4 heteroatoms. The van der Waals surface area contributed by atoms with Crippen LogP contribution in [-0.2, 0) is 0 Å². The van der Waals surface area contributed by atoms with Gasteiger partial charge in [0.15, 0.2) is 0 Å². The number of thiophene rings is 1. The number of rotatable bonds is 6. The second kappa shape index (κ2) is 6.70. The van der Waals surface area contributed by atoms with Gasteiger partial charge in [-0.25, -0.2) is 0 Å². The molecule has 0 radical (unpaired) electrons. The van der Waals surface area contributed by atoms with E-state index in [0.717, 1.165) is 29.5 Å². The van der Waals surface area contributed by atoms with Gasteiger partial charge >= 0.3 is 0 Å². The molecule has 108 valence electrons. The van der Waals surface area contributed by atoms with E-state index in [2.05, 4.69) is 33.9 Å². The van der Waals surface area contributed by atoms with Gasteiger partial charge in [0.25, 0.3) is 0 Å². The molecule has 0 spiro atoms. The number of hydrogen-bond donors (Lipinski definition) is 1. The molecule has 1 N–H and O–H groups in total. The smallest absolute Gasteiger partial charge is 0.134 e. The average Bonchev–Trinajstić information content (AvgIpc) is 3.06. The van der Waals surface area contributed by atoms with E-state index in [9.17, 15) is 0 Å². The summed E-state index contributed by atoms with van der Waals surface area (Å²) in [6, 6.07) is 12.3. The Balaban J connectivity index is 1.90. The highest BCUT2D eigenvalue weighted by atomic mass is 32.1. The number of fused-ring (bicyclic) bond motifs is 1. The van der Waals surface area contributed by atoms with Crippen LogP contribution in [0.4, 0.5) is 0 Å². The summed E-state index contributed by atoms with van der Waals surface area (Å²) in [6.07, 6.45) is 4.70. The van der Waals surface area contributed by atoms with Crippen molar-refractivity contribution in [3.8, 4) is 5.75 Å². The quantitative estimate of drug-likeness (QED) is 0.746. The molecule has 2 heterocycles. The molecule has 0 aliphatic rings. The minimum atomic E-state index is 0.0798. The van der Waals surface area contributed by atoms with Crippen molar-refractivity contribution in [3.63, 3.8) is 0 Å². The van der Waals surface area contributed by atoms with Crippen molar-refractivity contribution < 1.29 is 4.74 Å². The molecule has 0 unspecified atom stereocenters. The van der Waals surface area contributed by atoms with Gasteiger partial charge in [0.1, 0.15) is 11.9 Å². The van der Waals surface area contributed by atoms with Gasteiger partial charge in [-0.05, 0) is 37.2 Å². The Morgan fingerprint density at radius 3 is 3.00 bits per heavy atom. The van der Waals surface area contributed by atoms with E-state index in [0.29, 0.717) is 0 Å². The van der Waals surface area contributed by atoms with Crippen molar-refractivity contribution >= 4 is 22.1 Å². The molecule has 0 saturated heterocycles. The molecule has 3 nitrogen and oxygen atoms in total.